The highest BCUT2D eigenvalue weighted by molar-refractivity contribution is 7.99. The molecule has 0 radical (unpaired) electrons. The Labute approximate surface area is 105 Å². The predicted molar refractivity (Wildman–Crippen MR) is 67.3 cm³/mol. The van der Waals surface area contributed by atoms with Crippen LogP contribution in [-0.2, 0) is 0 Å². The van der Waals surface area contributed by atoms with Crippen molar-refractivity contribution < 1.29 is 8.78 Å². The van der Waals surface area contributed by atoms with Crippen LogP contribution < -0.4 is 5.32 Å². The first-order valence-electron chi connectivity index (χ1n) is 6.04. The molecular formula is C13H17F2NS. The average Bonchev–Trinajstić information content (AvgIpc) is 2.35. The molecule has 1 aromatic carbocycles. The van der Waals surface area contributed by atoms with Gasteiger partial charge in [-0.25, -0.2) is 8.78 Å². The number of piperidine rings is 1. The van der Waals surface area contributed by atoms with E-state index in [9.17, 15) is 8.78 Å². The number of halogens is 2. The fraction of sp³-hybridized carbons (Fsp3) is 0.538. The fourth-order valence-corrected chi connectivity index (χ4v) is 3.12. The van der Waals surface area contributed by atoms with Gasteiger partial charge in [-0.2, -0.15) is 0 Å². The van der Waals surface area contributed by atoms with E-state index in [4.69, 9.17) is 0 Å². The zero-order valence-corrected chi connectivity index (χ0v) is 10.5. The molecule has 4 heteroatoms. The number of hydrogen-bond acceptors (Lipinski definition) is 2. The third-order valence-electron chi connectivity index (χ3n) is 3.14. The number of hydrogen-bond donors (Lipinski definition) is 1. The van der Waals surface area contributed by atoms with Crippen LogP contribution in [0.4, 0.5) is 8.78 Å². The summed E-state index contributed by atoms with van der Waals surface area (Å²) in [5.74, 6) is 0.244. The molecule has 0 spiro atoms. The summed E-state index contributed by atoms with van der Waals surface area (Å²) in [4.78, 5) is 0.817. The van der Waals surface area contributed by atoms with Gasteiger partial charge < -0.3 is 5.32 Å². The molecule has 1 aliphatic rings. The van der Waals surface area contributed by atoms with Crippen LogP contribution in [0, 0.1) is 17.6 Å². The maximum absolute atomic E-state index is 13.0. The molecule has 0 saturated carbocycles. The molecule has 0 aliphatic carbocycles. The summed E-state index contributed by atoms with van der Waals surface area (Å²) in [5.41, 5.74) is 0. The molecule has 1 nitrogen and oxygen atoms in total. The normalized spacial score (nSPS) is 17.3. The lowest BCUT2D eigenvalue weighted by Crippen LogP contribution is -2.27. The van der Waals surface area contributed by atoms with Gasteiger partial charge in [-0.1, -0.05) is 0 Å². The molecule has 1 fully saturated rings. The Bertz CT molecular complexity index is 364. The molecule has 0 aromatic heterocycles. The highest BCUT2D eigenvalue weighted by atomic mass is 32.2. The molecular weight excluding hydrogens is 240 g/mol. The van der Waals surface area contributed by atoms with Crippen molar-refractivity contribution in [2.45, 2.75) is 24.2 Å². The molecule has 1 heterocycles. The summed E-state index contributed by atoms with van der Waals surface area (Å²) in [6, 6.07) is 4.12. The van der Waals surface area contributed by atoms with Gasteiger partial charge in [0.25, 0.3) is 0 Å². The zero-order valence-electron chi connectivity index (χ0n) is 9.72. The summed E-state index contributed by atoms with van der Waals surface area (Å²) in [6.45, 7) is 2.22. The van der Waals surface area contributed by atoms with Crippen molar-refractivity contribution in [2.24, 2.45) is 5.92 Å². The lowest BCUT2D eigenvalue weighted by molar-refractivity contribution is 0.367. The van der Waals surface area contributed by atoms with Crippen molar-refractivity contribution in [1.29, 1.82) is 0 Å². The molecule has 1 N–H and O–H groups in total. The summed E-state index contributed by atoms with van der Waals surface area (Å²) < 4.78 is 25.7. The second-order valence-corrected chi connectivity index (χ2v) is 5.57. The number of benzene rings is 1. The molecule has 0 unspecified atom stereocenters. The second kappa shape index (κ2) is 6.36. The monoisotopic (exact) mass is 257 g/mol. The summed E-state index contributed by atoms with van der Waals surface area (Å²) >= 11 is 1.61. The van der Waals surface area contributed by atoms with E-state index in [0.29, 0.717) is 0 Å². The average molecular weight is 257 g/mol. The minimum absolute atomic E-state index is 0.753. The summed E-state index contributed by atoms with van der Waals surface area (Å²) in [5, 5.41) is 3.34. The maximum Gasteiger partial charge on any atom is 0.159 e. The van der Waals surface area contributed by atoms with Crippen molar-refractivity contribution in [3.63, 3.8) is 0 Å². The molecule has 17 heavy (non-hydrogen) atoms. The van der Waals surface area contributed by atoms with E-state index in [1.54, 1.807) is 17.8 Å². The molecule has 0 bridgehead atoms. The van der Waals surface area contributed by atoms with Crippen molar-refractivity contribution in [2.75, 3.05) is 18.8 Å². The van der Waals surface area contributed by atoms with Crippen LogP contribution in [0.25, 0.3) is 0 Å². The third-order valence-corrected chi connectivity index (χ3v) is 4.17. The minimum Gasteiger partial charge on any atom is -0.317 e. The third kappa shape index (κ3) is 3.96. The smallest absolute Gasteiger partial charge is 0.159 e. The number of thioether (sulfide) groups is 1. The Kier molecular flexibility index (Phi) is 4.80. The molecule has 1 aliphatic heterocycles. The van der Waals surface area contributed by atoms with Gasteiger partial charge in [0.2, 0.25) is 0 Å². The Hall–Kier alpha value is -0.610. The first kappa shape index (κ1) is 12.8. The molecule has 0 atom stereocenters. The topological polar surface area (TPSA) is 12.0 Å². The molecule has 94 valence electrons. The fourth-order valence-electron chi connectivity index (χ4n) is 2.08. The van der Waals surface area contributed by atoms with Crippen molar-refractivity contribution in [3.05, 3.63) is 29.8 Å². The lowest BCUT2D eigenvalue weighted by atomic mass is 9.96. The van der Waals surface area contributed by atoms with E-state index in [0.717, 1.165) is 36.1 Å². The molecule has 0 amide bonds. The van der Waals surface area contributed by atoms with Gasteiger partial charge in [-0.15, -0.1) is 11.8 Å². The quantitative estimate of drug-likeness (QED) is 0.829. The lowest BCUT2D eigenvalue weighted by Gasteiger charge is -2.22. The predicted octanol–water partition coefficient (Wildman–Crippen LogP) is 3.45. The first-order valence-corrected chi connectivity index (χ1v) is 7.03. The van der Waals surface area contributed by atoms with Crippen LogP contribution in [0.3, 0.4) is 0 Å². The standard InChI is InChI=1S/C13H17F2NS/c14-12-2-1-11(9-13(12)15)17-8-5-10-3-6-16-7-4-10/h1-2,9-10,16H,3-8H2. The Balaban J connectivity index is 1.75. The van der Waals surface area contributed by atoms with Gasteiger partial charge in [0.1, 0.15) is 0 Å². The van der Waals surface area contributed by atoms with Crippen LogP contribution in [0.15, 0.2) is 23.1 Å². The highest BCUT2D eigenvalue weighted by Gasteiger charge is 2.12. The van der Waals surface area contributed by atoms with Gasteiger partial charge in [-0.05, 0) is 62.2 Å². The SMILES string of the molecule is Fc1ccc(SCCC2CCNCC2)cc1F. The minimum atomic E-state index is -0.771. The Morgan fingerprint density at radius 1 is 1.18 bits per heavy atom. The van der Waals surface area contributed by atoms with E-state index in [1.807, 2.05) is 0 Å². The van der Waals surface area contributed by atoms with Crippen molar-refractivity contribution >= 4 is 11.8 Å². The van der Waals surface area contributed by atoms with Crippen LogP contribution in [0.1, 0.15) is 19.3 Å². The summed E-state index contributed by atoms with van der Waals surface area (Å²) in [7, 11) is 0. The van der Waals surface area contributed by atoms with Gasteiger partial charge in [0.15, 0.2) is 11.6 Å². The van der Waals surface area contributed by atoms with E-state index < -0.39 is 11.6 Å². The van der Waals surface area contributed by atoms with Crippen LogP contribution >= 0.6 is 11.8 Å². The van der Waals surface area contributed by atoms with Crippen molar-refractivity contribution in [3.8, 4) is 0 Å². The second-order valence-electron chi connectivity index (χ2n) is 4.41. The van der Waals surface area contributed by atoms with E-state index in [2.05, 4.69) is 5.32 Å². The van der Waals surface area contributed by atoms with Crippen LogP contribution in [-0.4, -0.2) is 18.8 Å². The van der Waals surface area contributed by atoms with Crippen molar-refractivity contribution in [1.82, 2.24) is 5.32 Å². The van der Waals surface area contributed by atoms with Gasteiger partial charge in [0.05, 0.1) is 0 Å². The molecule has 1 saturated heterocycles. The van der Waals surface area contributed by atoms with E-state index in [1.165, 1.54) is 25.0 Å². The van der Waals surface area contributed by atoms with E-state index >= 15 is 0 Å². The number of nitrogens with one attached hydrogen (secondary N) is 1. The number of rotatable bonds is 4. The summed E-state index contributed by atoms with van der Waals surface area (Å²) in [6.07, 6.45) is 3.63. The van der Waals surface area contributed by atoms with Gasteiger partial charge >= 0.3 is 0 Å². The van der Waals surface area contributed by atoms with Gasteiger partial charge in [0, 0.05) is 4.90 Å². The Morgan fingerprint density at radius 2 is 1.94 bits per heavy atom. The maximum atomic E-state index is 13.0. The van der Waals surface area contributed by atoms with E-state index in [-0.39, 0.29) is 0 Å². The molecule has 2 rings (SSSR count). The zero-order chi connectivity index (χ0) is 12.1. The van der Waals surface area contributed by atoms with Crippen LogP contribution in [0.5, 0.6) is 0 Å². The highest BCUT2D eigenvalue weighted by Crippen LogP contribution is 2.24. The Morgan fingerprint density at radius 3 is 2.65 bits per heavy atom. The largest absolute Gasteiger partial charge is 0.317 e. The molecule has 1 aromatic rings. The first-order chi connectivity index (χ1) is 8.25. The van der Waals surface area contributed by atoms with Gasteiger partial charge in [-0.3, -0.25) is 0 Å². The van der Waals surface area contributed by atoms with Crippen LogP contribution in [0.2, 0.25) is 0 Å².